The first-order valence-corrected chi connectivity index (χ1v) is 9.86. The summed E-state index contributed by atoms with van der Waals surface area (Å²) in [6.07, 6.45) is 3.52. The summed E-state index contributed by atoms with van der Waals surface area (Å²) >= 11 is 0. The highest BCUT2D eigenvalue weighted by Crippen LogP contribution is 2.36. The second-order valence-electron chi connectivity index (χ2n) is 6.42. The van der Waals surface area contributed by atoms with Gasteiger partial charge in [0.25, 0.3) is 0 Å². The van der Waals surface area contributed by atoms with E-state index in [1.165, 1.54) is 27.1 Å². The van der Waals surface area contributed by atoms with Crippen LogP contribution in [0, 0.1) is 0 Å². The third kappa shape index (κ3) is 8.13. The van der Waals surface area contributed by atoms with Crippen molar-refractivity contribution in [3.63, 3.8) is 0 Å². The van der Waals surface area contributed by atoms with Crippen LogP contribution in [0.2, 0.25) is 0 Å². The number of esters is 1. The molecule has 0 radical (unpaired) electrons. The van der Waals surface area contributed by atoms with Crippen molar-refractivity contribution in [2.75, 3.05) is 40.2 Å². The number of carbonyl (C=O) groups excluding carboxylic acids is 2. The number of hydrogen-bond donors (Lipinski definition) is 2. The van der Waals surface area contributed by atoms with Gasteiger partial charge in [-0.2, -0.15) is 0 Å². The highest BCUT2D eigenvalue weighted by Gasteiger charge is 2.12. The number of hydrogen-bond acceptors (Lipinski definition) is 7. The topological polar surface area (TPSA) is 85.9 Å². The fourth-order valence-electron chi connectivity index (χ4n) is 2.52. The highest BCUT2D eigenvalue weighted by molar-refractivity contribution is 5.79. The summed E-state index contributed by atoms with van der Waals surface area (Å²) in [6, 6.07) is 10.3. The lowest BCUT2D eigenvalue weighted by Gasteiger charge is -2.14. The van der Waals surface area contributed by atoms with E-state index in [2.05, 4.69) is 22.3 Å². The molecule has 2 N–H and O–H groups in total. The Labute approximate surface area is 178 Å². The molecular weight excluding hydrogens is 384 g/mol. The normalized spacial score (nSPS) is 9.77. The zero-order chi connectivity index (χ0) is 22.4. The van der Waals surface area contributed by atoms with Crippen molar-refractivity contribution in [3.8, 4) is 17.2 Å². The van der Waals surface area contributed by atoms with E-state index in [0.717, 1.165) is 18.4 Å². The van der Waals surface area contributed by atoms with Gasteiger partial charge in [0.2, 0.25) is 0 Å². The van der Waals surface area contributed by atoms with Gasteiger partial charge in [-0.05, 0) is 55.9 Å². The minimum absolute atomic E-state index is 0.156. The number of rotatable bonds is 10. The van der Waals surface area contributed by atoms with Crippen LogP contribution in [0.15, 0.2) is 36.4 Å². The zero-order valence-corrected chi connectivity index (χ0v) is 18.4. The molecule has 7 heteroatoms. The average molecular weight is 417 g/mol. The van der Waals surface area contributed by atoms with Crippen LogP contribution in [0.5, 0.6) is 17.2 Å². The second kappa shape index (κ2) is 14.0. The number of ether oxygens (including phenoxy) is 3. The molecule has 2 aromatic rings. The van der Waals surface area contributed by atoms with E-state index in [4.69, 9.17) is 9.47 Å². The van der Waals surface area contributed by atoms with Crippen LogP contribution < -0.4 is 20.1 Å². The number of nitrogens with one attached hydrogen (secondary N) is 2. The molecule has 0 heterocycles. The molecule has 2 aromatic carbocycles. The summed E-state index contributed by atoms with van der Waals surface area (Å²) in [5.41, 5.74) is 1.99. The fourth-order valence-corrected chi connectivity index (χ4v) is 2.52. The van der Waals surface area contributed by atoms with Crippen LogP contribution in [-0.2, 0) is 16.0 Å². The molecule has 0 aromatic heterocycles. The van der Waals surface area contributed by atoms with Crippen LogP contribution in [-0.4, -0.2) is 47.1 Å². The third-order valence-corrected chi connectivity index (χ3v) is 4.21. The van der Waals surface area contributed by atoms with Crippen molar-refractivity contribution in [3.05, 3.63) is 47.5 Å². The summed E-state index contributed by atoms with van der Waals surface area (Å²) in [5.74, 6) is 1.23. The molecular formula is C23H32N2O5. The summed E-state index contributed by atoms with van der Waals surface area (Å²) in [7, 11) is 6.60. The van der Waals surface area contributed by atoms with Crippen LogP contribution >= 0.6 is 0 Å². The van der Waals surface area contributed by atoms with Gasteiger partial charge in [-0.3, -0.25) is 9.59 Å². The summed E-state index contributed by atoms with van der Waals surface area (Å²) < 4.78 is 15.9. The molecule has 0 unspecified atom stereocenters. The highest BCUT2D eigenvalue weighted by atomic mass is 16.5. The summed E-state index contributed by atoms with van der Waals surface area (Å²) in [5, 5.41) is 6.06. The van der Waals surface area contributed by atoms with Gasteiger partial charge in [0.05, 0.1) is 26.3 Å². The smallest absolute Gasteiger partial charge is 0.309 e. The van der Waals surface area contributed by atoms with Crippen molar-refractivity contribution >= 4 is 17.9 Å². The number of methoxy groups -OCH3 is 2. The van der Waals surface area contributed by atoms with Crippen molar-refractivity contribution < 1.29 is 23.8 Å². The maximum Gasteiger partial charge on any atom is 0.309 e. The van der Waals surface area contributed by atoms with Crippen LogP contribution in [0.3, 0.4) is 0 Å². The Balaban J connectivity index is 0.000000656. The van der Waals surface area contributed by atoms with Crippen LogP contribution in [0.25, 0.3) is 0 Å². The van der Waals surface area contributed by atoms with E-state index in [-0.39, 0.29) is 12.4 Å². The van der Waals surface area contributed by atoms with Gasteiger partial charge in [0, 0.05) is 12.6 Å². The molecule has 164 valence electrons. The monoisotopic (exact) mass is 416 g/mol. The zero-order valence-electron chi connectivity index (χ0n) is 18.4. The van der Waals surface area contributed by atoms with Crippen LogP contribution in [0.1, 0.15) is 35.7 Å². The maximum atomic E-state index is 11.4. The molecule has 0 saturated heterocycles. The maximum absolute atomic E-state index is 11.4. The Kier molecular flexibility index (Phi) is 11.7. The minimum Gasteiger partial charge on any atom is -0.493 e. The Morgan fingerprint density at radius 2 is 1.77 bits per heavy atom. The Bertz CT molecular complexity index is 804. The Morgan fingerprint density at radius 1 is 1.03 bits per heavy atom. The SMILES string of the molecule is CCCCNC.CNc1cc(C=O)ccc1Oc1ccc(CC(=O)OC)cc1OC. The van der Waals surface area contributed by atoms with Gasteiger partial charge in [-0.15, -0.1) is 0 Å². The van der Waals surface area contributed by atoms with Gasteiger partial charge >= 0.3 is 5.97 Å². The van der Waals surface area contributed by atoms with Crippen molar-refractivity contribution in [2.45, 2.75) is 26.2 Å². The van der Waals surface area contributed by atoms with E-state index in [0.29, 0.717) is 28.5 Å². The minimum atomic E-state index is -0.326. The van der Waals surface area contributed by atoms with E-state index in [9.17, 15) is 9.59 Å². The predicted octanol–water partition coefficient (Wildman–Crippen LogP) is 4.06. The molecule has 0 aliphatic heterocycles. The van der Waals surface area contributed by atoms with Gasteiger partial charge in [0.1, 0.15) is 6.29 Å². The Morgan fingerprint density at radius 3 is 2.30 bits per heavy atom. The lowest BCUT2D eigenvalue weighted by atomic mass is 10.1. The molecule has 0 bridgehead atoms. The van der Waals surface area contributed by atoms with E-state index < -0.39 is 0 Å². The van der Waals surface area contributed by atoms with E-state index >= 15 is 0 Å². The van der Waals surface area contributed by atoms with Gasteiger partial charge in [0.15, 0.2) is 17.2 Å². The lowest BCUT2D eigenvalue weighted by Crippen LogP contribution is -2.06. The predicted molar refractivity (Wildman–Crippen MR) is 119 cm³/mol. The third-order valence-electron chi connectivity index (χ3n) is 4.21. The first-order valence-electron chi connectivity index (χ1n) is 9.86. The van der Waals surface area contributed by atoms with E-state index in [1.807, 2.05) is 7.05 Å². The van der Waals surface area contributed by atoms with Crippen molar-refractivity contribution in [1.29, 1.82) is 0 Å². The lowest BCUT2D eigenvalue weighted by molar-refractivity contribution is -0.139. The fraction of sp³-hybridized carbons (Fsp3) is 0.391. The molecule has 0 saturated carbocycles. The number of anilines is 1. The molecule has 0 aliphatic rings. The number of aldehydes is 1. The summed E-state index contributed by atoms with van der Waals surface area (Å²) in [4.78, 5) is 22.2. The van der Waals surface area contributed by atoms with Gasteiger partial charge in [-0.25, -0.2) is 0 Å². The molecule has 2 rings (SSSR count). The molecule has 0 fully saturated rings. The molecule has 0 aliphatic carbocycles. The number of benzene rings is 2. The number of carbonyl (C=O) groups is 2. The summed E-state index contributed by atoms with van der Waals surface area (Å²) in [6.45, 7) is 3.36. The van der Waals surface area contributed by atoms with E-state index in [1.54, 1.807) is 43.4 Å². The molecule has 30 heavy (non-hydrogen) atoms. The first kappa shape index (κ1) is 25.0. The van der Waals surface area contributed by atoms with Crippen molar-refractivity contribution in [1.82, 2.24) is 5.32 Å². The largest absolute Gasteiger partial charge is 0.493 e. The second-order valence-corrected chi connectivity index (χ2v) is 6.42. The molecule has 0 spiro atoms. The van der Waals surface area contributed by atoms with Crippen LogP contribution in [0.4, 0.5) is 5.69 Å². The average Bonchev–Trinajstić information content (AvgIpc) is 2.79. The number of unbranched alkanes of at least 4 members (excludes halogenated alkanes) is 1. The molecule has 0 amide bonds. The van der Waals surface area contributed by atoms with Gasteiger partial charge in [-0.1, -0.05) is 19.4 Å². The first-order chi connectivity index (χ1) is 14.5. The quantitative estimate of drug-likeness (QED) is 0.343. The molecule has 0 atom stereocenters. The Hall–Kier alpha value is -3.06. The van der Waals surface area contributed by atoms with Gasteiger partial charge < -0.3 is 24.8 Å². The molecule has 7 nitrogen and oxygen atoms in total. The van der Waals surface area contributed by atoms with Crippen molar-refractivity contribution in [2.24, 2.45) is 0 Å². The standard InChI is InChI=1S/C18H19NO5.C5H13N/c1-19-14-8-13(11-20)5-6-15(14)24-16-7-4-12(9-17(16)22-2)10-18(21)23-3;1-3-4-5-6-2/h4-9,11,19H,10H2,1-3H3;6H,3-5H2,1-2H3.